The molecule has 5 heteroatoms. The van der Waals surface area contributed by atoms with Crippen LogP contribution in [0.25, 0.3) is 0 Å². The Bertz CT molecular complexity index is 98.6. The Morgan fingerprint density at radius 3 is 2.78 bits per heavy atom. The average molecular weight is 172 g/mol. The van der Waals surface area contributed by atoms with Crippen molar-refractivity contribution in [1.82, 2.24) is 5.32 Å². The Hall–Kier alpha value is 0.780. The van der Waals surface area contributed by atoms with Crippen molar-refractivity contribution in [2.24, 2.45) is 0 Å². The van der Waals surface area contributed by atoms with Crippen LogP contribution < -0.4 is 5.32 Å². The topological polar surface area (TPSA) is 21.3 Å². The van der Waals surface area contributed by atoms with Crippen molar-refractivity contribution in [3.63, 3.8) is 0 Å². The molecule has 0 spiro atoms. The zero-order chi connectivity index (χ0) is 6.41. The van der Waals surface area contributed by atoms with Crippen molar-refractivity contribution in [3.05, 3.63) is 12.8 Å². The predicted molar refractivity (Wildman–Crippen MR) is 46.6 cm³/mol. The van der Waals surface area contributed by atoms with Crippen LogP contribution in [0.2, 0.25) is 0 Å². The summed E-state index contributed by atoms with van der Waals surface area (Å²) in [5, 5.41) is 2.65. The third-order valence-electron chi connectivity index (χ3n) is 0.425. The quantitative estimate of drug-likeness (QED) is 0.162. The van der Waals surface area contributed by atoms with E-state index in [0.29, 0.717) is 11.1 Å². The van der Waals surface area contributed by atoms with Crippen LogP contribution in [0, 0.1) is 0 Å². The number of thiol groups is 1. The Balaban J connectivity index is 0. The number of rotatable bonds is 3. The molecule has 0 unspecified atom stereocenters. The van der Waals surface area contributed by atoms with Gasteiger partial charge in [0.25, 0.3) is 0 Å². The first-order valence-electron chi connectivity index (χ1n) is 1.96. The number of hydrogen-bond donors (Lipinski definition) is 2. The average Bonchev–Trinajstić information content (AvgIpc) is 1.66. The van der Waals surface area contributed by atoms with Gasteiger partial charge in [-0.05, 0) is 0 Å². The molecule has 0 aliphatic rings. The van der Waals surface area contributed by atoms with Gasteiger partial charge >= 0.3 is 0 Å². The Kier molecular flexibility index (Phi) is 12.2. The summed E-state index contributed by atoms with van der Waals surface area (Å²) in [6.45, 7) is 3.67. The monoisotopic (exact) mass is 172 g/mol. The van der Waals surface area contributed by atoms with E-state index in [1.807, 2.05) is 0 Å². The number of ether oxygens (including phenoxy) is 1. The first kappa shape index (κ1) is 12.5. The van der Waals surface area contributed by atoms with Gasteiger partial charge in [0, 0.05) is 29.6 Å². The molecule has 9 heavy (non-hydrogen) atoms. The molecule has 0 saturated carbocycles. The van der Waals surface area contributed by atoms with Gasteiger partial charge in [-0.1, -0.05) is 18.8 Å². The summed E-state index contributed by atoms with van der Waals surface area (Å²) in [6, 6.07) is 0. The van der Waals surface area contributed by atoms with Gasteiger partial charge in [0.05, 0.1) is 6.26 Å². The molecule has 0 aromatic heterocycles. The van der Waals surface area contributed by atoms with Crippen LogP contribution in [0.5, 0.6) is 0 Å². The van der Waals surface area contributed by atoms with Crippen molar-refractivity contribution in [2.45, 2.75) is 0 Å². The predicted octanol–water partition coefficient (Wildman–Crippen LogP) is 0.527. The van der Waals surface area contributed by atoms with E-state index in [-0.39, 0.29) is 29.6 Å². The van der Waals surface area contributed by atoms with Crippen LogP contribution in [0.15, 0.2) is 12.8 Å². The molecule has 0 aromatic carbocycles. The third kappa shape index (κ3) is 12.1. The second kappa shape index (κ2) is 8.78. The van der Waals surface area contributed by atoms with Crippen molar-refractivity contribution in [3.8, 4) is 0 Å². The molecule has 0 atom stereocenters. The SMILES string of the molecule is C=COCNC(=S)S.[Na]. The second-order valence-electron chi connectivity index (χ2n) is 0.960. The Labute approximate surface area is 87.7 Å². The summed E-state index contributed by atoms with van der Waals surface area (Å²) < 4.78 is 5.08. The Morgan fingerprint density at radius 2 is 2.44 bits per heavy atom. The summed E-state index contributed by atoms with van der Waals surface area (Å²) >= 11 is 8.32. The largest absolute Gasteiger partial charge is 0.482 e. The minimum absolute atomic E-state index is 0. The smallest absolute Gasteiger partial charge is 0.159 e. The summed E-state index contributed by atoms with van der Waals surface area (Å²) in [4.78, 5) is 0. The second-order valence-corrected chi connectivity index (χ2v) is 2.12. The summed E-state index contributed by atoms with van der Waals surface area (Å²) in [5.41, 5.74) is 0. The fraction of sp³-hybridized carbons (Fsp3) is 0.250. The van der Waals surface area contributed by atoms with E-state index in [1.165, 1.54) is 6.26 Å². The fourth-order valence-corrected chi connectivity index (χ4v) is 0.286. The molecule has 0 rings (SSSR count). The van der Waals surface area contributed by atoms with Crippen molar-refractivity contribution in [2.75, 3.05) is 6.73 Å². The van der Waals surface area contributed by atoms with Crippen LogP contribution >= 0.6 is 24.8 Å². The number of nitrogens with one attached hydrogen (secondary N) is 1. The van der Waals surface area contributed by atoms with Crippen molar-refractivity contribution >= 4 is 58.7 Å². The molecular weight excluding hydrogens is 165 g/mol. The molecule has 47 valence electrons. The van der Waals surface area contributed by atoms with Gasteiger partial charge in [-0.25, -0.2) is 0 Å². The zero-order valence-electron chi connectivity index (χ0n) is 5.26. The maximum absolute atomic E-state index is 4.66. The molecule has 0 fully saturated rings. The van der Waals surface area contributed by atoms with Crippen LogP contribution in [-0.4, -0.2) is 40.6 Å². The van der Waals surface area contributed by atoms with E-state index in [2.05, 4.69) is 41.5 Å². The van der Waals surface area contributed by atoms with Gasteiger partial charge in [0.15, 0.2) is 6.73 Å². The molecule has 0 amide bonds. The maximum atomic E-state index is 4.66. The molecule has 1 N–H and O–H groups in total. The van der Waals surface area contributed by atoms with Gasteiger partial charge in [0.2, 0.25) is 0 Å². The van der Waals surface area contributed by atoms with Crippen molar-refractivity contribution in [1.29, 1.82) is 0 Å². The molecule has 2 nitrogen and oxygen atoms in total. The summed E-state index contributed by atoms with van der Waals surface area (Å²) in [6.07, 6.45) is 1.33. The van der Waals surface area contributed by atoms with Crippen molar-refractivity contribution < 1.29 is 4.74 Å². The van der Waals surface area contributed by atoms with E-state index in [1.54, 1.807) is 0 Å². The van der Waals surface area contributed by atoms with Crippen LogP contribution in [-0.2, 0) is 4.74 Å². The molecule has 1 radical (unpaired) electrons. The standard InChI is InChI=1S/C4H7NOS2.Na/c1-2-6-3-5-4(7)8;/h2H,1,3H2,(H2,5,7,8);. The molecule has 0 heterocycles. The van der Waals surface area contributed by atoms with E-state index in [4.69, 9.17) is 0 Å². The van der Waals surface area contributed by atoms with Crippen LogP contribution in [0.1, 0.15) is 0 Å². The van der Waals surface area contributed by atoms with Gasteiger partial charge in [-0.3, -0.25) is 0 Å². The molecule has 0 aliphatic heterocycles. The number of hydrogen-bond acceptors (Lipinski definition) is 2. The van der Waals surface area contributed by atoms with E-state index >= 15 is 0 Å². The maximum Gasteiger partial charge on any atom is 0.159 e. The first-order valence-corrected chi connectivity index (χ1v) is 2.82. The van der Waals surface area contributed by atoms with E-state index < -0.39 is 0 Å². The van der Waals surface area contributed by atoms with E-state index in [0.717, 1.165) is 0 Å². The Morgan fingerprint density at radius 1 is 1.89 bits per heavy atom. The number of thiocarbonyl (C=S) groups is 1. The van der Waals surface area contributed by atoms with Gasteiger partial charge in [-0.2, -0.15) is 0 Å². The minimum Gasteiger partial charge on any atom is -0.482 e. The first-order chi connectivity index (χ1) is 3.77. The fourth-order valence-electron chi connectivity index (χ4n) is 0.162. The van der Waals surface area contributed by atoms with Gasteiger partial charge in [-0.15, -0.1) is 12.6 Å². The molecule has 0 saturated heterocycles. The summed E-state index contributed by atoms with van der Waals surface area (Å²) in [5.74, 6) is 0. The molecule has 0 aliphatic carbocycles. The molecule has 0 aromatic rings. The van der Waals surface area contributed by atoms with Crippen LogP contribution in [0.3, 0.4) is 0 Å². The molecular formula is C4H7NNaOS2. The van der Waals surface area contributed by atoms with Gasteiger partial charge < -0.3 is 10.1 Å². The van der Waals surface area contributed by atoms with Gasteiger partial charge in [0.1, 0.15) is 4.32 Å². The zero-order valence-corrected chi connectivity index (χ0v) is 8.97. The molecule has 0 bridgehead atoms. The normalized spacial score (nSPS) is 6.78. The summed E-state index contributed by atoms with van der Waals surface area (Å²) in [7, 11) is 0. The minimum atomic E-state index is 0. The van der Waals surface area contributed by atoms with E-state index in [9.17, 15) is 0 Å². The third-order valence-corrected chi connectivity index (χ3v) is 0.727. The van der Waals surface area contributed by atoms with Crippen LogP contribution in [0.4, 0.5) is 0 Å².